The van der Waals surface area contributed by atoms with Gasteiger partial charge in [0.2, 0.25) is 0 Å². The number of nitrogens with zero attached hydrogens (tertiary/aromatic N) is 1. The lowest BCUT2D eigenvalue weighted by molar-refractivity contribution is 0.00578. The summed E-state index contributed by atoms with van der Waals surface area (Å²) in [6, 6.07) is 1.12. The maximum atomic E-state index is 13.2. The van der Waals surface area contributed by atoms with Crippen LogP contribution in [0.15, 0.2) is 12.3 Å². The summed E-state index contributed by atoms with van der Waals surface area (Å²) in [4.78, 5) is 3.91. The van der Waals surface area contributed by atoms with Crippen molar-refractivity contribution in [3.05, 3.63) is 18.1 Å². The van der Waals surface area contributed by atoms with E-state index < -0.39 is 29.9 Å². The van der Waals surface area contributed by atoms with Crippen LogP contribution in [0, 0.1) is 5.82 Å². The quantitative estimate of drug-likeness (QED) is 0.748. The monoisotopic (exact) mass is 239 g/mol. The third kappa shape index (κ3) is 2.02. The Bertz CT molecular complexity index is 434. The summed E-state index contributed by atoms with van der Waals surface area (Å²) < 4.78 is 24.6. The molecule has 0 bridgehead atoms. The molecule has 1 aliphatic rings. The molecule has 17 heavy (non-hydrogen) atoms. The van der Waals surface area contributed by atoms with Gasteiger partial charge in [-0.3, -0.25) is 4.98 Å². The molecular formula is C11H15BFNO3. The maximum absolute atomic E-state index is 13.2. The fourth-order valence-electron chi connectivity index (χ4n) is 1.53. The molecule has 0 atom stereocenters. The van der Waals surface area contributed by atoms with E-state index >= 15 is 0 Å². The summed E-state index contributed by atoms with van der Waals surface area (Å²) in [5.74, 6) is -1.21. The van der Waals surface area contributed by atoms with Gasteiger partial charge in [-0.25, -0.2) is 4.39 Å². The molecule has 6 heteroatoms. The van der Waals surface area contributed by atoms with Crippen molar-refractivity contribution in [2.24, 2.45) is 0 Å². The Morgan fingerprint density at radius 1 is 1.24 bits per heavy atom. The molecule has 1 aromatic heterocycles. The number of aromatic nitrogens is 1. The highest BCUT2D eigenvalue weighted by atomic mass is 19.1. The van der Waals surface area contributed by atoms with Gasteiger partial charge in [-0.1, -0.05) is 0 Å². The minimum Gasteiger partial charge on any atom is -0.504 e. The van der Waals surface area contributed by atoms with Gasteiger partial charge in [0.1, 0.15) is 0 Å². The Hall–Kier alpha value is -1.14. The van der Waals surface area contributed by atoms with Crippen molar-refractivity contribution in [2.75, 3.05) is 0 Å². The number of aromatic hydroxyl groups is 1. The molecule has 0 unspecified atom stereocenters. The van der Waals surface area contributed by atoms with Crippen LogP contribution < -0.4 is 5.59 Å². The van der Waals surface area contributed by atoms with Gasteiger partial charge in [0, 0.05) is 0 Å². The molecule has 0 saturated carbocycles. The predicted octanol–water partition coefficient (Wildman–Crippen LogP) is 1.23. The number of hydrogen-bond donors (Lipinski definition) is 1. The van der Waals surface area contributed by atoms with Gasteiger partial charge in [-0.15, -0.1) is 0 Å². The molecule has 1 saturated heterocycles. The van der Waals surface area contributed by atoms with Gasteiger partial charge in [0.25, 0.3) is 0 Å². The van der Waals surface area contributed by atoms with Crippen molar-refractivity contribution in [2.45, 2.75) is 38.9 Å². The molecule has 1 aliphatic heterocycles. The first kappa shape index (κ1) is 12.3. The fraction of sp³-hybridized carbons (Fsp3) is 0.545. The van der Waals surface area contributed by atoms with Gasteiger partial charge >= 0.3 is 7.12 Å². The molecule has 1 fully saturated rings. The lowest BCUT2D eigenvalue weighted by atomic mass is 9.84. The first-order valence-corrected chi connectivity index (χ1v) is 5.43. The fourth-order valence-corrected chi connectivity index (χ4v) is 1.53. The number of rotatable bonds is 1. The molecule has 2 rings (SSSR count). The first-order chi connectivity index (χ1) is 7.73. The predicted molar refractivity (Wildman–Crippen MR) is 61.6 cm³/mol. The van der Waals surface area contributed by atoms with Crippen LogP contribution >= 0.6 is 0 Å². The normalized spacial score (nSPS) is 21.8. The summed E-state index contributed by atoms with van der Waals surface area (Å²) in [6.07, 6.45) is 1.05. The zero-order valence-corrected chi connectivity index (χ0v) is 10.3. The van der Waals surface area contributed by atoms with Crippen LogP contribution in [0.25, 0.3) is 0 Å². The molecule has 92 valence electrons. The molecule has 0 aromatic carbocycles. The minimum atomic E-state index is -0.732. The molecular weight excluding hydrogens is 224 g/mol. The average molecular weight is 239 g/mol. The van der Waals surface area contributed by atoms with Gasteiger partial charge in [-0.2, -0.15) is 0 Å². The Balaban J connectivity index is 2.29. The van der Waals surface area contributed by atoms with E-state index in [1.54, 1.807) is 0 Å². The Kier molecular flexibility index (Phi) is 2.67. The minimum absolute atomic E-state index is 0.318. The summed E-state index contributed by atoms with van der Waals surface area (Å²) in [7, 11) is -0.713. The van der Waals surface area contributed by atoms with E-state index in [4.69, 9.17) is 14.4 Å². The van der Waals surface area contributed by atoms with Crippen LogP contribution in [-0.4, -0.2) is 28.4 Å². The molecule has 0 amide bonds. The van der Waals surface area contributed by atoms with Crippen molar-refractivity contribution in [1.82, 2.24) is 4.98 Å². The second kappa shape index (κ2) is 3.68. The summed E-state index contributed by atoms with van der Waals surface area (Å²) in [6.45, 7) is 7.63. The second-order valence-corrected chi connectivity index (χ2v) is 5.15. The molecule has 2 heterocycles. The molecule has 1 N–H and O–H groups in total. The van der Waals surface area contributed by atoms with E-state index in [9.17, 15) is 4.39 Å². The maximum Gasteiger partial charge on any atom is 0.514 e. The zero-order valence-electron chi connectivity index (χ0n) is 10.3. The highest BCUT2D eigenvalue weighted by Gasteiger charge is 2.52. The van der Waals surface area contributed by atoms with Crippen molar-refractivity contribution in [3.63, 3.8) is 0 Å². The number of hydrogen-bond acceptors (Lipinski definition) is 4. The molecule has 1 aromatic rings. The van der Waals surface area contributed by atoms with E-state index in [1.165, 1.54) is 0 Å². The third-order valence-electron chi connectivity index (χ3n) is 3.35. The first-order valence-electron chi connectivity index (χ1n) is 5.43. The molecule has 0 aliphatic carbocycles. The number of halogens is 1. The van der Waals surface area contributed by atoms with Crippen LogP contribution in [0.4, 0.5) is 4.39 Å². The van der Waals surface area contributed by atoms with E-state index in [0.717, 1.165) is 12.3 Å². The van der Waals surface area contributed by atoms with Gasteiger partial charge < -0.3 is 14.4 Å². The van der Waals surface area contributed by atoms with Crippen molar-refractivity contribution >= 4 is 12.7 Å². The van der Waals surface area contributed by atoms with E-state index in [2.05, 4.69) is 4.98 Å². The van der Waals surface area contributed by atoms with Crippen LogP contribution in [0.5, 0.6) is 5.75 Å². The molecule has 0 radical (unpaired) electrons. The van der Waals surface area contributed by atoms with E-state index in [1.807, 2.05) is 27.7 Å². The zero-order chi connectivity index (χ0) is 12.8. The molecule has 0 spiro atoms. The summed E-state index contributed by atoms with van der Waals surface area (Å²) in [5, 5.41) is 9.07. The van der Waals surface area contributed by atoms with E-state index in [0.29, 0.717) is 5.59 Å². The standard InChI is InChI=1S/C11H15BFNO3/c1-10(2)11(3,4)17-12(16-10)9-5-7(13)8(15)6-14-9/h5-6,15H,1-4H3. The van der Waals surface area contributed by atoms with Crippen molar-refractivity contribution in [3.8, 4) is 5.75 Å². The van der Waals surface area contributed by atoms with E-state index in [-0.39, 0.29) is 0 Å². The Labute approximate surface area is 99.9 Å². The smallest absolute Gasteiger partial charge is 0.504 e. The van der Waals surface area contributed by atoms with Crippen molar-refractivity contribution < 1.29 is 18.8 Å². The second-order valence-electron chi connectivity index (χ2n) is 5.15. The summed E-state index contributed by atoms with van der Waals surface area (Å²) in [5.41, 5.74) is -0.666. The molecule has 4 nitrogen and oxygen atoms in total. The van der Waals surface area contributed by atoms with Crippen LogP contribution in [0.1, 0.15) is 27.7 Å². The van der Waals surface area contributed by atoms with Crippen LogP contribution in [-0.2, 0) is 9.31 Å². The number of pyridine rings is 1. The Morgan fingerprint density at radius 2 is 1.76 bits per heavy atom. The lowest BCUT2D eigenvalue weighted by Gasteiger charge is -2.32. The highest BCUT2D eigenvalue weighted by molar-refractivity contribution is 6.61. The van der Waals surface area contributed by atoms with Crippen LogP contribution in [0.3, 0.4) is 0 Å². The van der Waals surface area contributed by atoms with Gasteiger partial charge in [-0.05, 0) is 33.8 Å². The van der Waals surface area contributed by atoms with Gasteiger partial charge in [0.15, 0.2) is 11.6 Å². The summed E-state index contributed by atoms with van der Waals surface area (Å²) >= 11 is 0. The SMILES string of the molecule is CC1(C)OB(c2cc(F)c(O)cn2)OC1(C)C. The third-order valence-corrected chi connectivity index (χ3v) is 3.35. The van der Waals surface area contributed by atoms with Crippen molar-refractivity contribution in [1.29, 1.82) is 0 Å². The lowest BCUT2D eigenvalue weighted by Crippen LogP contribution is -2.41. The Morgan fingerprint density at radius 3 is 2.24 bits per heavy atom. The average Bonchev–Trinajstić information content (AvgIpc) is 2.41. The topological polar surface area (TPSA) is 51.6 Å². The largest absolute Gasteiger partial charge is 0.514 e. The van der Waals surface area contributed by atoms with Crippen LogP contribution in [0.2, 0.25) is 0 Å². The van der Waals surface area contributed by atoms with Gasteiger partial charge in [0.05, 0.1) is 23.0 Å². The highest BCUT2D eigenvalue weighted by Crippen LogP contribution is 2.36.